The molecule has 0 spiro atoms. The van der Waals surface area contributed by atoms with Crippen LogP contribution in [0, 0.1) is 5.82 Å². The maximum absolute atomic E-state index is 13.3. The Bertz CT molecular complexity index is 621. The van der Waals surface area contributed by atoms with Gasteiger partial charge in [-0.15, -0.1) is 0 Å². The Labute approximate surface area is 136 Å². The van der Waals surface area contributed by atoms with E-state index in [1.54, 1.807) is 6.07 Å². The minimum atomic E-state index is -4.34. The van der Waals surface area contributed by atoms with E-state index in [9.17, 15) is 17.6 Å². The molecule has 0 nitrogen and oxygen atoms in total. The highest BCUT2D eigenvalue weighted by Gasteiger charge is 2.30. The zero-order valence-corrected chi connectivity index (χ0v) is 13.8. The van der Waals surface area contributed by atoms with Crippen LogP contribution in [0.15, 0.2) is 46.9 Å². The Morgan fingerprint density at radius 2 is 1.62 bits per heavy atom. The fourth-order valence-corrected chi connectivity index (χ4v) is 3.48. The molecule has 2 aromatic rings. The molecule has 0 aliphatic rings. The van der Waals surface area contributed by atoms with Gasteiger partial charge in [-0.2, -0.15) is 13.2 Å². The maximum atomic E-state index is 13.3. The highest BCUT2D eigenvalue weighted by atomic mass is 79.9. The van der Waals surface area contributed by atoms with Gasteiger partial charge in [-0.3, -0.25) is 0 Å². The van der Waals surface area contributed by atoms with E-state index >= 15 is 0 Å². The van der Waals surface area contributed by atoms with E-state index in [1.807, 2.05) is 0 Å². The number of hydrogen-bond donors (Lipinski definition) is 0. The third-order valence-electron chi connectivity index (χ3n) is 2.99. The number of rotatable bonds is 3. The molecule has 6 heteroatoms. The molecule has 1 atom stereocenters. The normalized spacial score (nSPS) is 13.2. The highest BCUT2D eigenvalue weighted by Crippen LogP contribution is 2.34. The monoisotopic (exact) mass is 424 g/mol. The van der Waals surface area contributed by atoms with E-state index in [0.29, 0.717) is 6.42 Å². The van der Waals surface area contributed by atoms with E-state index in [-0.39, 0.29) is 10.6 Å². The van der Waals surface area contributed by atoms with Crippen molar-refractivity contribution < 1.29 is 17.6 Å². The standard InChI is InChI=1S/C15H10Br2F4/c16-13-6-5-11(18)8-12(13)14(17)7-9-1-3-10(4-2-9)15(19,20)21/h1-6,8,14H,7H2. The van der Waals surface area contributed by atoms with Crippen LogP contribution in [0.2, 0.25) is 0 Å². The van der Waals surface area contributed by atoms with Crippen LogP contribution in [0.3, 0.4) is 0 Å². The molecule has 0 fully saturated rings. The predicted molar refractivity (Wildman–Crippen MR) is 80.9 cm³/mol. The second kappa shape index (κ2) is 6.48. The van der Waals surface area contributed by atoms with Gasteiger partial charge in [0.2, 0.25) is 0 Å². The van der Waals surface area contributed by atoms with Gasteiger partial charge in [-0.05, 0) is 47.9 Å². The molecule has 2 rings (SSSR count). The molecule has 0 saturated heterocycles. The Hall–Kier alpha value is -0.880. The van der Waals surface area contributed by atoms with Crippen LogP contribution in [0.5, 0.6) is 0 Å². The second-order valence-corrected chi connectivity index (χ2v) is 6.49. The second-order valence-electron chi connectivity index (χ2n) is 4.53. The third-order valence-corrected chi connectivity index (χ3v) is 4.53. The molecule has 0 amide bonds. The van der Waals surface area contributed by atoms with Gasteiger partial charge in [0.15, 0.2) is 0 Å². The first-order valence-corrected chi connectivity index (χ1v) is 7.73. The summed E-state index contributed by atoms with van der Waals surface area (Å²) in [7, 11) is 0. The summed E-state index contributed by atoms with van der Waals surface area (Å²) < 4.78 is 51.5. The average Bonchev–Trinajstić information content (AvgIpc) is 2.41. The van der Waals surface area contributed by atoms with Crippen molar-refractivity contribution in [3.63, 3.8) is 0 Å². The molecule has 2 aromatic carbocycles. The molecule has 0 aliphatic carbocycles. The molecule has 0 aliphatic heterocycles. The molecule has 0 bridgehead atoms. The lowest BCUT2D eigenvalue weighted by Gasteiger charge is -2.13. The predicted octanol–water partition coefficient (Wildman–Crippen LogP) is 6.29. The number of hydrogen-bond acceptors (Lipinski definition) is 0. The lowest BCUT2D eigenvalue weighted by Crippen LogP contribution is -2.05. The van der Waals surface area contributed by atoms with Crippen LogP contribution in [-0.4, -0.2) is 0 Å². The van der Waals surface area contributed by atoms with Gasteiger partial charge in [0.25, 0.3) is 0 Å². The Balaban J connectivity index is 2.16. The topological polar surface area (TPSA) is 0 Å². The summed E-state index contributed by atoms with van der Waals surface area (Å²) in [5.74, 6) is -0.356. The summed E-state index contributed by atoms with van der Waals surface area (Å²) in [4.78, 5) is -0.195. The fourth-order valence-electron chi connectivity index (χ4n) is 1.90. The van der Waals surface area contributed by atoms with E-state index in [0.717, 1.165) is 27.7 Å². The Morgan fingerprint density at radius 1 is 1.00 bits per heavy atom. The van der Waals surface area contributed by atoms with Crippen molar-refractivity contribution in [3.05, 3.63) is 69.4 Å². The van der Waals surface area contributed by atoms with Crippen LogP contribution in [0.1, 0.15) is 21.5 Å². The van der Waals surface area contributed by atoms with E-state index in [1.165, 1.54) is 24.3 Å². The van der Waals surface area contributed by atoms with Gasteiger partial charge in [0, 0.05) is 9.30 Å². The summed E-state index contributed by atoms with van der Waals surface area (Å²) in [5, 5.41) is 0. The Morgan fingerprint density at radius 3 is 2.19 bits per heavy atom. The first-order valence-electron chi connectivity index (χ1n) is 6.02. The molecule has 0 radical (unpaired) electrons. The van der Waals surface area contributed by atoms with Crippen molar-refractivity contribution >= 4 is 31.9 Å². The third kappa shape index (κ3) is 4.30. The van der Waals surface area contributed by atoms with Crippen LogP contribution in [0.4, 0.5) is 17.6 Å². The molecule has 0 heterocycles. The summed E-state index contributed by atoms with van der Waals surface area (Å²) in [6.07, 6.45) is -3.88. The molecule has 21 heavy (non-hydrogen) atoms. The zero-order valence-electron chi connectivity index (χ0n) is 10.6. The largest absolute Gasteiger partial charge is 0.416 e. The molecular weight excluding hydrogens is 416 g/mol. The number of benzene rings is 2. The lowest BCUT2D eigenvalue weighted by molar-refractivity contribution is -0.137. The maximum Gasteiger partial charge on any atom is 0.416 e. The fraction of sp³-hybridized carbons (Fsp3) is 0.200. The van der Waals surface area contributed by atoms with Crippen LogP contribution in [0.25, 0.3) is 0 Å². The van der Waals surface area contributed by atoms with Gasteiger partial charge in [0.1, 0.15) is 5.82 Å². The molecule has 0 N–H and O–H groups in total. The first kappa shape index (κ1) is 16.5. The molecule has 1 unspecified atom stereocenters. The minimum absolute atomic E-state index is 0.195. The number of alkyl halides is 4. The van der Waals surface area contributed by atoms with Crippen molar-refractivity contribution in [3.8, 4) is 0 Å². The molecular formula is C15H10Br2F4. The van der Waals surface area contributed by atoms with Crippen molar-refractivity contribution in [2.75, 3.05) is 0 Å². The highest BCUT2D eigenvalue weighted by molar-refractivity contribution is 9.11. The summed E-state index contributed by atoms with van der Waals surface area (Å²) in [5.41, 5.74) is 0.778. The zero-order chi connectivity index (χ0) is 15.6. The van der Waals surface area contributed by atoms with Crippen LogP contribution in [-0.2, 0) is 12.6 Å². The first-order chi connectivity index (χ1) is 9.77. The van der Waals surface area contributed by atoms with Gasteiger partial charge in [0.05, 0.1) is 5.56 Å². The Kier molecular flexibility index (Phi) is 5.09. The van der Waals surface area contributed by atoms with Crippen molar-refractivity contribution in [2.24, 2.45) is 0 Å². The average molecular weight is 426 g/mol. The summed E-state index contributed by atoms with van der Waals surface area (Å²) >= 11 is 6.78. The van der Waals surface area contributed by atoms with E-state index < -0.39 is 11.7 Å². The van der Waals surface area contributed by atoms with Crippen molar-refractivity contribution in [2.45, 2.75) is 17.4 Å². The minimum Gasteiger partial charge on any atom is -0.207 e. The van der Waals surface area contributed by atoms with Crippen molar-refractivity contribution in [1.82, 2.24) is 0 Å². The molecule has 0 aromatic heterocycles. The SMILES string of the molecule is Fc1ccc(Br)c(C(Br)Cc2ccc(C(F)(F)F)cc2)c1. The van der Waals surface area contributed by atoms with Gasteiger partial charge >= 0.3 is 6.18 Å². The van der Waals surface area contributed by atoms with Gasteiger partial charge < -0.3 is 0 Å². The van der Waals surface area contributed by atoms with E-state index in [2.05, 4.69) is 31.9 Å². The van der Waals surface area contributed by atoms with Gasteiger partial charge in [-0.25, -0.2) is 4.39 Å². The van der Waals surface area contributed by atoms with Crippen LogP contribution >= 0.6 is 31.9 Å². The summed E-state index contributed by atoms with van der Waals surface area (Å²) in [6, 6.07) is 9.31. The molecule has 112 valence electrons. The van der Waals surface area contributed by atoms with Gasteiger partial charge in [-0.1, -0.05) is 44.0 Å². The quantitative estimate of drug-likeness (QED) is 0.400. The lowest BCUT2D eigenvalue weighted by atomic mass is 10.0. The van der Waals surface area contributed by atoms with E-state index in [4.69, 9.17) is 0 Å². The molecule has 0 saturated carbocycles. The number of halogens is 6. The smallest absolute Gasteiger partial charge is 0.207 e. The van der Waals surface area contributed by atoms with Crippen LogP contribution < -0.4 is 0 Å². The summed E-state index contributed by atoms with van der Waals surface area (Å²) in [6.45, 7) is 0. The van der Waals surface area contributed by atoms with Crippen molar-refractivity contribution in [1.29, 1.82) is 0 Å².